The molecule has 0 spiro atoms. The average Bonchev–Trinajstić information content (AvgIpc) is 3.01. The maximum Gasteiger partial charge on any atom is 0.123 e. The molecular formula is C20H32NO. The van der Waals surface area contributed by atoms with Crippen LogP contribution in [0.3, 0.4) is 0 Å². The van der Waals surface area contributed by atoms with Crippen molar-refractivity contribution in [2.75, 3.05) is 13.2 Å². The SMILES string of the molecule is [CH]=C=C(CNC(C)(C)C)COc1ccccc1C1CCCC1.[HH].[HH]. The number of hydrogen-bond donors (Lipinski definition) is 1. The second-order valence-corrected chi connectivity index (χ2v) is 7.16. The lowest BCUT2D eigenvalue weighted by Crippen LogP contribution is -2.37. The van der Waals surface area contributed by atoms with Gasteiger partial charge in [-0.15, -0.1) is 5.73 Å². The Morgan fingerprint density at radius 1 is 1.32 bits per heavy atom. The predicted octanol–water partition coefficient (Wildman–Crippen LogP) is 5.12. The maximum absolute atomic E-state index is 6.05. The minimum absolute atomic E-state index is 0. The first-order chi connectivity index (χ1) is 10.5. The van der Waals surface area contributed by atoms with E-state index in [1.165, 1.54) is 31.2 Å². The van der Waals surface area contributed by atoms with Gasteiger partial charge in [0.15, 0.2) is 0 Å². The molecule has 1 aliphatic carbocycles. The zero-order valence-corrected chi connectivity index (χ0v) is 14.1. The molecule has 0 amide bonds. The second-order valence-electron chi connectivity index (χ2n) is 7.16. The van der Waals surface area contributed by atoms with E-state index in [1.54, 1.807) is 0 Å². The zero-order valence-electron chi connectivity index (χ0n) is 14.1. The summed E-state index contributed by atoms with van der Waals surface area (Å²) in [5.74, 6) is 1.65. The van der Waals surface area contributed by atoms with Crippen LogP contribution >= 0.6 is 0 Å². The van der Waals surface area contributed by atoms with E-state index in [0.717, 1.165) is 11.3 Å². The van der Waals surface area contributed by atoms with Gasteiger partial charge in [-0.2, -0.15) is 0 Å². The highest BCUT2D eigenvalue weighted by atomic mass is 16.5. The molecule has 0 saturated heterocycles. The van der Waals surface area contributed by atoms with Crippen molar-refractivity contribution in [1.29, 1.82) is 0 Å². The summed E-state index contributed by atoms with van der Waals surface area (Å²) >= 11 is 0. The minimum Gasteiger partial charge on any atom is -0.488 e. The summed E-state index contributed by atoms with van der Waals surface area (Å²) in [6, 6.07) is 8.41. The molecule has 0 atom stereocenters. The third kappa shape index (κ3) is 5.05. The molecule has 0 aromatic heterocycles. The molecular weight excluding hydrogens is 270 g/mol. The van der Waals surface area contributed by atoms with Gasteiger partial charge in [0.1, 0.15) is 12.4 Å². The van der Waals surface area contributed by atoms with Crippen molar-refractivity contribution in [1.82, 2.24) is 5.32 Å². The summed E-state index contributed by atoms with van der Waals surface area (Å²) in [6.07, 6.45) is 5.21. The van der Waals surface area contributed by atoms with Crippen LogP contribution in [0.5, 0.6) is 5.75 Å². The molecule has 0 heterocycles. The Labute approximate surface area is 138 Å². The van der Waals surface area contributed by atoms with Crippen molar-refractivity contribution >= 4 is 0 Å². The molecule has 22 heavy (non-hydrogen) atoms. The van der Waals surface area contributed by atoms with Gasteiger partial charge in [-0.05, 0) is 57.7 Å². The van der Waals surface area contributed by atoms with Crippen LogP contribution in [-0.2, 0) is 0 Å². The fraction of sp³-hybridized carbons (Fsp3) is 0.550. The first-order valence-corrected chi connectivity index (χ1v) is 8.27. The second kappa shape index (κ2) is 7.67. The summed E-state index contributed by atoms with van der Waals surface area (Å²) in [4.78, 5) is 0. The molecule has 123 valence electrons. The highest BCUT2D eigenvalue weighted by Crippen LogP contribution is 2.38. The number of nitrogens with one attached hydrogen (secondary N) is 1. The molecule has 2 rings (SSSR count). The highest BCUT2D eigenvalue weighted by Gasteiger charge is 2.20. The van der Waals surface area contributed by atoms with E-state index < -0.39 is 0 Å². The van der Waals surface area contributed by atoms with Crippen LogP contribution in [0.15, 0.2) is 35.6 Å². The van der Waals surface area contributed by atoms with Crippen LogP contribution in [0.1, 0.15) is 60.8 Å². The molecule has 1 aromatic carbocycles. The molecule has 2 heteroatoms. The standard InChI is InChI=1S/C20H28NO.2H2/c1-5-16(14-21-20(2,3)4)15-22-19-13-9-8-12-18(19)17-10-6-7-11-17;;/h1,8-9,12-13,17,21H,6-7,10-11,14-15H2,2-4H3;2*1H. The Morgan fingerprint density at radius 3 is 2.64 bits per heavy atom. The Morgan fingerprint density at radius 2 is 2.00 bits per heavy atom. The number of hydrogen-bond acceptors (Lipinski definition) is 2. The number of rotatable bonds is 6. The number of benzene rings is 1. The Balaban J connectivity index is 0.00000264. The lowest BCUT2D eigenvalue weighted by Gasteiger charge is -2.21. The Hall–Kier alpha value is -1.50. The van der Waals surface area contributed by atoms with Crippen molar-refractivity contribution in [3.63, 3.8) is 0 Å². The topological polar surface area (TPSA) is 21.3 Å². The predicted molar refractivity (Wildman–Crippen MR) is 96.5 cm³/mol. The molecule has 0 unspecified atom stereocenters. The lowest BCUT2D eigenvalue weighted by molar-refractivity contribution is 0.335. The van der Waals surface area contributed by atoms with Crippen LogP contribution in [0.2, 0.25) is 0 Å². The minimum atomic E-state index is 0. The van der Waals surface area contributed by atoms with E-state index in [9.17, 15) is 0 Å². The van der Waals surface area contributed by atoms with Gasteiger partial charge < -0.3 is 10.1 Å². The molecule has 2 nitrogen and oxygen atoms in total. The first-order valence-electron chi connectivity index (χ1n) is 8.27. The Kier molecular flexibility index (Phi) is 5.88. The summed E-state index contributed by atoms with van der Waals surface area (Å²) in [7, 11) is 0. The lowest BCUT2D eigenvalue weighted by atomic mass is 9.97. The summed E-state index contributed by atoms with van der Waals surface area (Å²) in [5, 5.41) is 3.42. The summed E-state index contributed by atoms with van der Waals surface area (Å²) in [5.41, 5.74) is 5.12. The van der Waals surface area contributed by atoms with Crippen LogP contribution in [0.25, 0.3) is 0 Å². The molecule has 1 radical (unpaired) electrons. The normalized spacial score (nSPS) is 15.6. The van der Waals surface area contributed by atoms with Gasteiger partial charge in [0, 0.05) is 20.5 Å². The van der Waals surface area contributed by atoms with Gasteiger partial charge in [0.05, 0.1) is 0 Å². The molecule has 0 bridgehead atoms. The van der Waals surface area contributed by atoms with Gasteiger partial charge >= 0.3 is 0 Å². The van der Waals surface area contributed by atoms with E-state index in [0.29, 0.717) is 19.1 Å². The van der Waals surface area contributed by atoms with Crippen LogP contribution in [-0.4, -0.2) is 18.7 Å². The summed E-state index contributed by atoms with van der Waals surface area (Å²) in [6.45, 7) is 13.2. The van der Waals surface area contributed by atoms with Gasteiger partial charge in [-0.3, -0.25) is 0 Å². The molecule has 1 N–H and O–H groups in total. The maximum atomic E-state index is 6.05. The van der Waals surface area contributed by atoms with Crippen molar-refractivity contribution in [3.05, 3.63) is 47.7 Å². The van der Waals surface area contributed by atoms with E-state index >= 15 is 0 Å². The molecule has 1 aromatic rings. The monoisotopic (exact) mass is 302 g/mol. The third-order valence-corrected chi connectivity index (χ3v) is 4.15. The third-order valence-electron chi connectivity index (χ3n) is 4.15. The first kappa shape index (κ1) is 16.9. The fourth-order valence-corrected chi connectivity index (χ4v) is 2.87. The van der Waals surface area contributed by atoms with Crippen LogP contribution < -0.4 is 10.1 Å². The van der Waals surface area contributed by atoms with Crippen LogP contribution in [0, 0.1) is 6.58 Å². The molecule has 1 saturated carbocycles. The molecule has 1 aliphatic rings. The smallest absolute Gasteiger partial charge is 0.123 e. The number of para-hydroxylation sites is 1. The molecule has 0 aliphatic heterocycles. The van der Waals surface area contributed by atoms with Crippen molar-refractivity contribution in [3.8, 4) is 5.75 Å². The van der Waals surface area contributed by atoms with Gasteiger partial charge in [0.2, 0.25) is 0 Å². The van der Waals surface area contributed by atoms with E-state index in [2.05, 4.69) is 50.0 Å². The van der Waals surface area contributed by atoms with Crippen molar-refractivity contribution < 1.29 is 7.59 Å². The van der Waals surface area contributed by atoms with Gasteiger partial charge in [0.25, 0.3) is 0 Å². The van der Waals surface area contributed by atoms with Gasteiger partial charge in [-0.25, -0.2) is 0 Å². The summed E-state index contributed by atoms with van der Waals surface area (Å²) < 4.78 is 6.05. The van der Waals surface area contributed by atoms with E-state index in [-0.39, 0.29) is 8.39 Å². The van der Waals surface area contributed by atoms with Crippen molar-refractivity contribution in [2.45, 2.75) is 57.9 Å². The highest BCUT2D eigenvalue weighted by molar-refractivity contribution is 5.37. The average molecular weight is 302 g/mol. The fourth-order valence-electron chi connectivity index (χ4n) is 2.87. The van der Waals surface area contributed by atoms with Crippen molar-refractivity contribution in [2.24, 2.45) is 0 Å². The quantitative estimate of drug-likeness (QED) is 0.737. The zero-order chi connectivity index (χ0) is 16.0. The Bertz CT molecular complexity index is 539. The number of ether oxygens (including phenoxy) is 1. The van der Waals surface area contributed by atoms with E-state index in [1.807, 2.05) is 6.07 Å². The molecule has 1 fully saturated rings. The largest absolute Gasteiger partial charge is 0.488 e. The van der Waals surface area contributed by atoms with E-state index in [4.69, 9.17) is 11.3 Å². The van der Waals surface area contributed by atoms with Gasteiger partial charge in [-0.1, -0.05) is 31.0 Å². The van der Waals surface area contributed by atoms with Crippen LogP contribution in [0.4, 0.5) is 0 Å².